The highest BCUT2D eigenvalue weighted by atomic mass is 35.5. The quantitative estimate of drug-likeness (QED) is 0.723. The lowest BCUT2D eigenvalue weighted by Crippen LogP contribution is -2.08. The molecule has 0 saturated carbocycles. The SMILES string of the molecule is Nc1ccc(-c2ccccc2NC(=O)O)cc1Cl. The van der Waals surface area contributed by atoms with Crippen molar-refractivity contribution in [3.63, 3.8) is 0 Å². The molecule has 18 heavy (non-hydrogen) atoms. The molecule has 2 aromatic carbocycles. The van der Waals surface area contributed by atoms with E-state index < -0.39 is 6.09 Å². The van der Waals surface area contributed by atoms with Crippen molar-refractivity contribution >= 4 is 29.1 Å². The van der Waals surface area contributed by atoms with E-state index in [4.69, 9.17) is 22.4 Å². The van der Waals surface area contributed by atoms with Gasteiger partial charge in [-0.05, 0) is 23.8 Å². The number of hydrogen-bond acceptors (Lipinski definition) is 2. The van der Waals surface area contributed by atoms with Crippen molar-refractivity contribution in [2.75, 3.05) is 11.1 Å². The van der Waals surface area contributed by atoms with Crippen LogP contribution in [0.2, 0.25) is 5.02 Å². The monoisotopic (exact) mass is 262 g/mol. The fourth-order valence-electron chi connectivity index (χ4n) is 1.65. The Bertz CT molecular complexity index is 599. The van der Waals surface area contributed by atoms with Crippen molar-refractivity contribution in [2.45, 2.75) is 0 Å². The van der Waals surface area contributed by atoms with E-state index in [1.165, 1.54) is 0 Å². The summed E-state index contributed by atoms with van der Waals surface area (Å²) in [7, 11) is 0. The maximum atomic E-state index is 10.7. The molecule has 0 radical (unpaired) electrons. The predicted octanol–water partition coefficient (Wildman–Crippen LogP) is 3.68. The number of nitrogens with two attached hydrogens (primary N) is 1. The maximum absolute atomic E-state index is 10.7. The Labute approximate surface area is 109 Å². The summed E-state index contributed by atoms with van der Waals surface area (Å²) >= 11 is 5.96. The van der Waals surface area contributed by atoms with E-state index in [1.807, 2.05) is 12.1 Å². The van der Waals surface area contributed by atoms with Gasteiger partial charge in [0, 0.05) is 5.56 Å². The maximum Gasteiger partial charge on any atom is 0.409 e. The second-order valence-electron chi connectivity index (χ2n) is 3.71. The van der Waals surface area contributed by atoms with Crippen molar-refractivity contribution in [3.05, 3.63) is 47.5 Å². The lowest BCUT2D eigenvalue weighted by atomic mass is 10.0. The van der Waals surface area contributed by atoms with E-state index in [0.717, 1.165) is 11.1 Å². The molecule has 0 unspecified atom stereocenters. The molecule has 4 nitrogen and oxygen atoms in total. The minimum Gasteiger partial charge on any atom is -0.465 e. The molecule has 92 valence electrons. The third kappa shape index (κ3) is 2.55. The Morgan fingerprint density at radius 2 is 1.94 bits per heavy atom. The topological polar surface area (TPSA) is 75.3 Å². The molecular formula is C13H11ClN2O2. The van der Waals surface area contributed by atoms with Crippen LogP contribution < -0.4 is 11.1 Å². The standard InChI is InChI=1S/C13H11ClN2O2/c14-10-7-8(5-6-11(10)15)9-3-1-2-4-12(9)16-13(17)18/h1-7,16H,15H2,(H,17,18). The van der Waals surface area contributed by atoms with E-state index in [1.54, 1.807) is 30.3 Å². The molecule has 0 spiro atoms. The first-order chi connectivity index (χ1) is 8.58. The molecule has 1 amide bonds. The highest BCUT2D eigenvalue weighted by Crippen LogP contribution is 2.31. The van der Waals surface area contributed by atoms with Gasteiger partial charge < -0.3 is 10.8 Å². The Morgan fingerprint density at radius 3 is 2.61 bits per heavy atom. The van der Waals surface area contributed by atoms with E-state index in [0.29, 0.717) is 16.4 Å². The molecule has 0 heterocycles. The van der Waals surface area contributed by atoms with E-state index in [-0.39, 0.29) is 0 Å². The van der Waals surface area contributed by atoms with Crippen LogP contribution in [0.5, 0.6) is 0 Å². The lowest BCUT2D eigenvalue weighted by molar-refractivity contribution is 0.210. The zero-order valence-electron chi connectivity index (χ0n) is 9.35. The number of para-hydroxylation sites is 1. The van der Waals surface area contributed by atoms with Gasteiger partial charge in [0.05, 0.1) is 16.4 Å². The number of carboxylic acid groups (broad SMARTS) is 1. The van der Waals surface area contributed by atoms with E-state index >= 15 is 0 Å². The molecule has 0 fully saturated rings. The average molecular weight is 263 g/mol. The molecule has 0 saturated heterocycles. The number of rotatable bonds is 2. The van der Waals surface area contributed by atoms with Gasteiger partial charge in [-0.1, -0.05) is 35.9 Å². The van der Waals surface area contributed by atoms with Gasteiger partial charge in [0.25, 0.3) is 0 Å². The molecule has 0 aromatic heterocycles. The zero-order chi connectivity index (χ0) is 13.1. The second kappa shape index (κ2) is 4.98. The Morgan fingerprint density at radius 1 is 1.22 bits per heavy atom. The number of amides is 1. The fourth-order valence-corrected chi connectivity index (χ4v) is 1.83. The summed E-state index contributed by atoms with van der Waals surface area (Å²) in [6.45, 7) is 0. The van der Waals surface area contributed by atoms with Crippen LogP contribution >= 0.6 is 11.6 Å². The molecule has 0 aliphatic carbocycles. The first-order valence-corrected chi connectivity index (χ1v) is 5.60. The van der Waals surface area contributed by atoms with Crippen LogP contribution in [0.1, 0.15) is 0 Å². The third-order valence-corrected chi connectivity index (χ3v) is 2.81. The number of anilines is 2. The summed E-state index contributed by atoms with van der Waals surface area (Å²) in [6, 6.07) is 12.3. The zero-order valence-corrected chi connectivity index (χ0v) is 10.1. The Balaban J connectivity index is 2.49. The van der Waals surface area contributed by atoms with Gasteiger partial charge in [-0.15, -0.1) is 0 Å². The minimum absolute atomic E-state index is 0.442. The molecule has 0 bridgehead atoms. The summed E-state index contributed by atoms with van der Waals surface area (Å²) in [5.41, 5.74) is 8.20. The second-order valence-corrected chi connectivity index (χ2v) is 4.12. The van der Waals surface area contributed by atoms with Gasteiger partial charge >= 0.3 is 6.09 Å². The summed E-state index contributed by atoms with van der Waals surface area (Å²) in [5, 5.41) is 11.6. The smallest absolute Gasteiger partial charge is 0.409 e. The normalized spacial score (nSPS) is 10.1. The molecule has 2 rings (SSSR count). The fraction of sp³-hybridized carbons (Fsp3) is 0. The van der Waals surface area contributed by atoms with Crippen molar-refractivity contribution in [1.82, 2.24) is 0 Å². The molecule has 0 aliphatic rings. The van der Waals surface area contributed by atoms with Gasteiger partial charge in [-0.25, -0.2) is 4.79 Å². The van der Waals surface area contributed by atoms with E-state index in [2.05, 4.69) is 5.32 Å². The highest BCUT2D eigenvalue weighted by molar-refractivity contribution is 6.33. The summed E-state index contributed by atoms with van der Waals surface area (Å²) < 4.78 is 0. The number of benzene rings is 2. The van der Waals surface area contributed by atoms with Crippen LogP contribution in [0.4, 0.5) is 16.2 Å². The van der Waals surface area contributed by atoms with Crippen molar-refractivity contribution in [1.29, 1.82) is 0 Å². The summed E-state index contributed by atoms with van der Waals surface area (Å²) in [6.07, 6.45) is -1.11. The highest BCUT2D eigenvalue weighted by Gasteiger charge is 2.08. The van der Waals surface area contributed by atoms with Crippen LogP contribution in [0.3, 0.4) is 0 Å². The largest absolute Gasteiger partial charge is 0.465 e. The number of hydrogen-bond donors (Lipinski definition) is 3. The average Bonchev–Trinajstić information content (AvgIpc) is 2.33. The van der Waals surface area contributed by atoms with E-state index in [9.17, 15) is 4.79 Å². The number of halogens is 1. The molecule has 4 N–H and O–H groups in total. The molecule has 0 atom stereocenters. The van der Waals surface area contributed by atoms with Crippen molar-refractivity contribution in [2.24, 2.45) is 0 Å². The third-order valence-electron chi connectivity index (χ3n) is 2.48. The Kier molecular flexibility index (Phi) is 3.39. The van der Waals surface area contributed by atoms with Crippen LogP contribution in [0, 0.1) is 0 Å². The molecule has 2 aromatic rings. The summed E-state index contributed by atoms with van der Waals surface area (Å²) in [4.78, 5) is 10.7. The first kappa shape index (κ1) is 12.3. The van der Waals surface area contributed by atoms with Crippen LogP contribution in [0.15, 0.2) is 42.5 Å². The van der Waals surface area contributed by atoms with Gasteiger partial charge in [0.15, 0.2) is 0 Å². The number of carbonyl (C=O) groups is 1. The predicted molar refractivity (Wildman–Crippen MR) is 72.9 cm³/mol. The van der Waals surface area contributed by atoms with Gasteiger partial charge in [0.2, 0.25) is 0 Å². The molecule has 0 aliphatic heterocycles. The number of nitrogen functional groups attached to an aromatic ring is 1. The van der Waals surface area contributed by atoms with Crippen molar-refractivity contribution < 1.29 is 9.90 Å². The van der Waals surface area contributed by atoms with Crippen LogP contribution in [0.25, 0.3) is 11.1 Å². The Hall–Kier alpha value is -2.20. The lowest BCUT2D eigenvalue weighted by Gasteiger charge is -2.10. The first-order valence-electron chi connectivity index (χ1n) is 5.22. The van der Waals surface area contributed by atoms with Crippen molar-refractivity contribution in [3.8, 4) is 11.1 Å². The van der Waals surface area contributed by atoms with Crippen LogP contribution in [-0.2, 0) is 0 Å². The van der Waals surface area contributed by atoms with Gasteiger partial charge in [-0.3, -0.25) is 5.32 Å². The summed E-state index contributed by atoms with van der Waals surface area (Å²) in [5.74, 6) is 0. The number of nitrogens with one attached hydrogen (secondary N) is 1. The van der Waals surface area contributed by atoms with Gasteiger partial charge in [0.1, 0.15) is 0 Å². The van der Waals surface area contributed by atoms with Gasteiger partial charge in [-0.2, -0.15) is 0 Å². The minimum atomic E-state index is -1.11. The molecular weight excluding hydrogens is 252 g/mol. The van der Waals surface area contributed by atoms with Crippen LogP contribution in [-0.4, -0.2) is 11.2 Å². The molecule has 5 heteroatoms.